The first-order valence-corrected chi connectivity index (χ1v) is 3.34. The van der Waals surface area contributed by atoms with Crippen LogP contribution in [-0.4, -0.2) is 12.1 Å². The van der Waals surface area contributed by atoms with E-state index in [1.165, 1.54) is 0 Å². The van der Waals surface area contributed by atoms with Crippen LogP contribution in [0.25, 0.3) is 10.9 Å². The molecule has 0 aromatic heterocycles. The summed E-state index contributed by atoms with van der Waals surface area (Å²) in [5, 5.41) is 0. The summed E-state index contributed by atoms with van der Waals surface area (Å²) in [4.78, 5) is 0. The van der Waals surface area contributed by atoms with Crippen LogP contribution in [0, 0.1) is 0 Å². The summed E-state index contributed by atoms with van der Waals surface area (Å²) in [6.07, 6.45) is 0. The maximum Gasteiger partial charge on any atom is 2.00 e. The molecule has 0 saturated carbocycles. The number of nitrogens with zero attached hydrogens (tertiary/aromatic N) is 2. The van der Waals surface area contributed by atoms with Crippen molar-refractivity contribution in [2.24, 2.45) is 11.7 Å². The van der Waals surface area contributed by atoms with Gasteiger partial charge in [-0.3, -0.25) is 0 Å². The van der Waals surface area contributed by atoms with Crippen LogP contribution in [0.1, 0.15) is 27.7 Å². The Bertz CT molecular complexity index is 50.5. The van der Waals surface area contributed by atoms with Gasteiger partial charge in [-0.2, -0.15) is 0 Å². The van der Waals surface area contributed by atoms with Gasteiger partial charge in [-0.15, -0.1) is 12.1 Å². The van der Waals surface area contributed by atoms with Crippen molar-refractivity contribution in [2.75, 3.05) is 0 Å². The molecule has 0 atom stereocenters. The molecule has 0 aromatic rings. The van der Waals surface area contributed by atoms with Gasteiger partial charge in [0, 0.05) is 0 Å². The Morgan fingerprint density at radius 2 is 0.909 bits per heavy atom. The van der Waals surface area contributed by atoms with Gasteiger partial charge in [0.05, 0.1) is 0 Å². The molecule has 0 aromatic carbocycles. The van der Waals surface area contributed by atoms with E-state index in [9.17, 15) is 0 Å². The second-order valence-electron chi connectivity index (χ2n) is 2.49. The maximum absolute atomic E-state index is 4.80. The first-order chi connectivity index (χ1) is 4.54. The number of hydrogen-bond donors (Lipinski definition) is 2. The molecule has 0 heterocycles. The number of nitrogens with two attached hydrogens (primary N) is 2. The molecule has 0 saturated heterocycles. The fourth-order valence-corrected chi connectivity index (χ4v) is 0. The van der Waals surface area contributed by atoms with Gasteiger partial charge < -0.3 is 22.5 Å². The molecule has 4 nitrogen and oxygen atoms in total. The second-order valence-corrected chi connectivity index (χ2v) is 2.49. The summed E-state index contributed by atoms with van der Waals surface area (Å²) >= 11 is 0. The van der Waals surface area contributed by atoms with Gasteiger partial charge in [0.2, 0.25) is 0 Å². The van der Waals surface area contributed by atoms with Crippen molar-refractivity contribution in [1.82, 2.24) is 0 Å². The summed E-state index contributed by atoms with van der Waals surface area (Å²) in [6.45, 7) is 7.72. The maximum atomic E-state index is 4.80. The minimum atomic E-state index is 0. The largest absolute Gasteiger partial charge is 2.00 e. The van der Waals surface area contributed by atoms with Gasteiger partial charge >= 0.3 is 21.1 Å². The van der Waals surface area contributed by atoms with Crippen molar-refractivity contribution in [3.63, 3.8) is 0 Å². The van der Waals surface area contributed by atoms with E-state index in [4.69, 9.17) is 11.7 Å². The van der Waals surface area contributed by atoms with Gasteiger partial charge in [0.1, 0.15) is 0 Å². The third-order valence-electron chi connectivity index (χ3n) is 0.596. The van der Waals surface area contributed by atoms with Gasteiger partial charge in [-0.1, -0.05) is 27.7 Å². The van der Waals surface area contributed by atoms with Crippen LogP contribution in [0.5, 0.6) is 0 Å². The zero-order valence-corrected chi connectivity index (χ0v) is 9.79. The van der Waals surface area contributed by atoms with Crippen molar-refractivity contribution in [2.45, 2.75) is 39.8 Å². The quantitative estimate of drug-likeness (QED) is 0.586. The fourth-order valence-electron chi connectivity index (χ4n) is 0. The summed E-state index contributed by atoms with van der Waals surface area (Å²) in [6, 6.07) is 0.574. The third-order valence-corrected chi connectivity index (χ3v) is 0.596. The van der Waals surface area contributed by atoms with Crippen molar-refractivity contribution < 1.29 is 21.1 Å². The Hall–Kier alpha value is 0.528. The first kappa shape index (κ1) is 17.6. The van der Waals surface area contributed by atoms with Gasteiger partial charge in [-0.25, -0.2) is 0 Å². The summed E-state index contributed by atoms with van der Waals surface area (Å²) in [5.41, 5.74) is 6.78. The van der Waals surface area contributed by atoms with E-state index >= 15 is 0 Å². The molecule has 0 amide bonds. The number of hydrogen-bond acceptors (Lipinski definition) is 2. The van der Waals surface area contributed by atoms with Crippen molar-refractivity contribution in [3.8, 4) is 0 Å². The fraction of sp³-hybridized carbons (Fsp3) is 1.00. The smallest absolute Gasteiger partial charge is 0.598 e. The molecule has 4 N–H and O–H groups in total. The monoisotopic (exact) mass is 341 g/mol. The molecule has 0 aliphatic rings. The Labute approximate surface area is 83.7 Å². The standard InChI is InChI=1S/2C3H9N2.Pt/c2*1-3(2)5-4;/h2*3H,4H2,1-2H3;/q2*-1;+2. The van der Waals surface area contributed by atoms with E-state index in [0.29, 0.717) is 0 Å². The third kappa shape index (κ3) is 37.3. The van der Waals surface area contributed by atoms with Crippen LogP contribution in [0.3, 0.4) is 0 Å². The molecular formula is C6H18N4Pt. The van der Waals surface area contributed by atoms with E-state index in [1.54, 1.807) is 0 Å². The Balaban J connectivity index is -0.000000107. The topological polar surface area (TPSA) is 80.2 Å². The summed E-state index contributed by atoms with van der Waals surface area (Å²) < 4.78 is 0. The average Bonchev–Trinajstić information content (AvgIpc) is 1.89. The molecule has 0 rings (SSSR count). The van der Waals surface area contributed by atoms with E-state index in [1.807, 2.05) is 27.7 Å². The van der Waals surface area contributed by atoms with Crippen LogP contribution >= 0.6 is 0 Å². The molecule has 5 heteroatoms. The molecule has 72 valence electrons. The summed E-state index contributed by atoms with van der Waals surface area (Å²) in [7, 11) is 0. The van der Waals surface area contributed by atoms with Gasteiger partial charge in [0.25, 0.3) is 0 Å². The van der Waals surface area contributed by atoms with Crippen molar-refractivity contribution in [1.29, 1.82) is 0 Å². The second kappa shape index (κ2) is 13.1. The Morgan fingerprint density at radius 3 is 0.909 bits per heavy atom. The van der Waals surface area contributed by atoms with Gasteiger partial charge in [-0.05, 0) is 0 Å². The van der Waals surface area contributed by atoms with E-state index in [0.717, 1.165) is 0 Å². The van der Waals surface area contributed by atoms with Crippen LogP contribution in [0.2, 0.25) is 0 Å². The van der Waals surface area contributed by atoms with E-state index < -0.39 is 0 Å². The van der Waals surface area contributed by atoms with Gasteiger partial charge in [0.15, 0.2) is 0 Å². The average molecular weight is 341 g/mol. The SMILES string of the molecule is CC(C)[N-]N.CC(C)[N-]N.[Pt+2]. The molecule has 0 radical (unpaired) electrons. The van der Waals surface area contributed by atoms with Crippen molar-refractivity contribution >= 4 is 0 Å². The molecule has 0 unspecified atom stereocenters. The van der Waals surface area contributed by atoms with Crippen LogP contribution in [-0.2, 0) is 21.1 Å². The zero-order chi connectivity index (χ0) is 8.57. The van der Waals surface area contributed by atoms with E-state index in [2.05, 4.69) is 10.9 Å². The van der Waals surface area contributed by atoms with Crippen LogP contribution in [0.15, 0.2) is 0 Å². The minimum absolute atomic E-state index is 0. The molecule has 11 heavy (non-hydrogen) atoms. The van der Waals surface area contributed by atoms with Crippen LogP contribution < -0.4 is 11.7 Å². The molecule has 0 spiro atoms. The molecule has 0 fully saturated rings. The first-order valence-electron chi connectivity index (χ1n) is 3.34. The zero-order valence-electron chi connectivity index (χ0n) is 7.52. The summed E-state index contributed by atoms with van der Waals surface area (Å²) in [5.74, 6) is 9.59. The predicted octanol–water partition coefficient (Wildman–Crippen LogP) is 1.28. The van der Waals surface area contributed by atoms with Crippen molar-refractivity contribution in [3.05, 3.63) is 10.9 Å². The molecule has 0 bridgehead atoms. The predicted molar refractivity (Wildman–Crippen MR) is 45.4 cm³/mol. The normalized spacial score (nSPS) is 8.73. The molecule has 0 aliphatic heterocycles. The molecular weight excluding hydrogens is 323 g/mol. The number of rotatable bonds is 2. The minimum Gasteiger partial charge on any atom is -0.598 e. The molecule has 0 aliphatic carbocycles. The van der Waals surface area contributed by atoms with E-state index in [-0.39, 0.29) is 33.1 Å². The Morgan fingerprint density at radius 1 is 0.818 bits per heavy atom. The van der Waals surface area contributed by atoms with Crippen LogP contribution in [0.4, 0.5) is 0 Å². The Kier molecular flexibility index (Phi) is 21.0.